The Morgan fingerprint density at radius 2 is 2.00 bits per heavy atom. The molecule has 1 atom stereocenters. The molecule has 5 nitrogen and oxygen atoms in total. The fraction of sp³-hybridized carbons (Fsp3) is 0.238. The van der Waals surface area contributed by atoms with Crippen LogP contribution in [0.4, 0.5) is 5.13 Å². The lowest BCUT2D eigenvalue weighted by Gasteiger charge is -2.18. The number of thiazole rings is 1. The minimum Gasteiger partial charge on any atom is -0.493 e. The maximum Gasteiger partial charge on any atom is 0.267 e. The Morgan fingerprint density at radius 3 is 2.71 bits per heavy atom. The van der Waals surface area contributed by atoms with Crippen LogP contribution in [-0.4, -0.2) is 24.1 Å². The van der Waals surface area contributed by atoms with Gasteiger partial charge in [0.15, 0.2) is 22.7 Å². The molecule has 0 bridgehead atoms. The van der Waals surface area contributed by atoms with Crippen LogP contribution in [-0.2, 0) is 11.2 Å². The molecule has 1 heterocycles. The standard InChI is InChI=1S/C21H21ClN2O3S/c1-3-17(27-19-10-5-4-9-18(19)26-2)20(25)24-21-23-13-16(28-21)12-14-7-6-8-15(22)11-14/h4-11,13,17H,3,12H2,1-2H3,(H,23,24,25). The normalized spacial score (nSPS) is 11.7. The van der Waals surface area contributed by atoms with Crippen molar-refractivity contribution in [2.75, 3.05) is 12.4 Å². The Balaban J connectivity index is 1.64. The summed E-state index contributed by atoms with van der Waals surface area (Å²) in [5, 5.41) is 4.09. The molecule has 0 aliphatic heterocycles. The van der Waals surface area contributed by atoms with Gasteiger partial charge in [0.25, 0.3) is 5.91 Å². The zero-order valence-corrected chi connectivity index (χ0v) is 17.2. The number of halogens is 1. The number of hydrogen-bond donors (Lipinski definition) is 1. The van der Waals surface area contributed by atoms with Gasteiger partial charge in [-0.25, -0.2) is 4.98 Å². The highest BCUT2D eigenvalue weighted by molar-refractivity contribution is 7.15. The molecule has 7 heteroatoms. The van der Waals surface area contributed by atoms with Crippen LogP contribution < -0.4 is 14.8 Å². The molecule has 1 unspecified atom stereocenters. The number of ether oxygens (including phenoxy) is 2. The van der Waals surface area contributed by atoms with E-state index in [4.69, 9.17) is 21.1 Å². The van der Waals surface area contributed by atoms with E-state index in [2.05, 4.69) is 10.3 Å². The highest BCUT2D eigenvalue weighted by Gasteiger charge is 2.21. The first-order valence-corrected chi connectivity index (χ1v) is 10.1. The lowest BCUT2D eigenvalue weighted by atomic mass is 10.1. The zero-order valence-electron chi connectivity index (χ0n) is 15.6. The Hall–Kier alpha value is -2.57. The first-order valence-electron chi connectivity index (χ1n) is 8.88. The Bertz CT molecular complexity index is 945. The summed E-state index contributed by atoms with van der Waals surface area (Å²) in [6, 6.07) is 15.0. The summed E-state index contributed by atoms with van der Waals surface area (Å²) in [7, 11) is 1.57. The number of methoxy groups -OCH3 is 1. The second-order valence-corrected chi connectivity index (χ2v) is 7.64. The summed E-state index contributed by atoms with van der Waals surface area (Å²) in [4.78, 5) is 18.0. The molecule has 28 heavy (non-hydrogen) atoms. The molecule has 3 aromatic rings. The predicted octanol–water partition coefficient (Wildman–Crippen LogP) is 5.19. The predicted molar refractivity (Wildman–Crippen MR) is 113 cm³/mol. The van der Waals surface area contributed by atoms with Gasteiger partial charge >= 0.3 is 0 Å². The third-order valence-electron chi connectivity index (χ3n) is 4.05. The second kappa shape index (κ2) is 9.57. The van der Waals surface area contributed by atoms with Crippen molar-refractivity contribution in [1.29, 1.82) is 0 Å². The van der Waals surface area contributed by atoms with Crippen molar-refractivity contribution >= 4 is 34.0 Å². The number of nitrogens with zero attached hydrogens (tertiary/aromatic N) is 1. The van der Waals surface area contributed by atoms with E-state index in [0.717, 1.165) is 10.4 Å². The molecule has 0 spiro atoms. The fourth-order valence-corrected chi connectivity index (χ4v) is 3.74. The number of nitrogens with one attached hydrogen (secondary N) is 1. The number of para-hydroxylation sites is 2. The number of amides is 1. The number of anilines is 1. The minimum atomic E-state index is -0.642. The van der Waals surface area contributed by atoms with Crippen molar-refractivity contribution in [2.24, 2.45) is 0 Å². The molecule has 0 saturated heterocycles. The van der Waals surface area contributed by atoms with E-state index >= 15 is 0 Å². The molecular weight excluding hydrogens is 396 g/mol. The molecule has 3 rings (SSSR count). The van der Waals surface area contributed by atoms with Gasteiger partial charge in [0.2, 0.25) is 0 Å². The van der Waals surface area contributed by atoms with Crippen LogP contribution in [0.25, 0.3) is 0 Å². The van der Waals surface area contributed by atoms with Gasteiger partial charge < -0.3 is 9.47 Å². The van der Waals surface area contributed by atoms with Crippen LogP contribution in [0, 0.1) is 0 Å². The molecule has 146 valence electrons. The van der Waals surface area contributed by atoms with Crippen molar-refractivity contribution in [3.63, 3.8) is 0 Å². The van der Waals surface area contributed by atoms with Gasteiger partial charge in [-0.2, -0.15) is 0 Å². The molecule has 1 N–H and O–H groups in total. The van der Waals surface area contributed by atoms with Crippen LogP contribution in [0.15, 0.2) is 54.7 Å². The van der Waals surface area contributed by atoms with Crippen LogP contribution in [0.2, 0.25) is 5.02 Å². The number of carbonyl (C=O) groups excluding carboxylic acids is 1. The maximum atomic E-state index is 12.6. The average molecular weight is 417 g/mol. The lowest BCUT2D eigenvalue weighted by molar-refractivity contribution is -0.122. The van der Waals surface area contributed by atoms with Gasteiger partial charge in [-0.05, 0) is 36.2 Å². The van der Waals surface area contributed by atoms with E-state index in [9.17, 15) is 4.79 Å². The molecule has 0 fully saturated rings. The van der Waals surface area contributed by atoms with E-state index in [0.29, 0.717) is 34.5 Å². The molecule has 0 radical (unpaired) electrons. The van der Waals surface area contributed by atoms with E-state index in [1.165, 1.54) is 11.3 Å². The number of carbonyl (C=O) groups is 1. The van der Waals surface area contributed by atoms with Gasteiger partial charge in [-0.1, -0.05) is 42.8 Å². The molecule has 2 aromatic carbocycles. The van der Waals surface area contributed by atoms with Crippen LogP contribution in [0.1, 0.15) is 23.8 Å². The Kier molecular flexibility index (Phi) is 6.90. The monoisotopic (exact) mass is 416 g/mol. The van der Waals surface area contributed by atoms with E-state index in [1.54, 1.807) is 25.4 Å². The van der Waals surface area contributed by atoms with Gasteiger partial charge in [-0.15, -0.1) is 11.3 Å². The topological polar surface area (TPSA) is 60.5 Å². The van der Waals surface area contributed by atoms with Crippen LogP contribution in [0.3, 0.4) is 0 Å². The third-order valence-corrected chi connectivity index (χ3v) is 5.20. The maximum absolute atomic E-state index is 12.6. The summed E-state index contributed by atoms with van der Waals surface area (Å²) in [5.41, 5.74) is 1.10. The van der Waals surface area contributed by atoms with Gasteiger partial charge in [0.05, 0.1) is 7.11 Å². The minimum absolute atomic E-state index is 0.239. The summed E-state index contributed by atoms with van der Waals surface area (Å²) in [5.74, 6) is 0.886. The Labute approximate surface area is 173 Å². The van der Waals surface area contributed by atoms with Gasteiger partial charge in [0, 0.05) is 22.5 Å². The van der Waals surface area contributed by atoms with Crippen LogP contribution in [0.5, 0.6) is 11.5 Å². The van der Waals surface area contributed by atoms with E-state index in [1.807, 2.05) is 43.3 Å². The summed E-state index contributed by atoms with van der Waals surface area (Å²) in [6.07, 6.45) is 2.35. The quantitative estimate of drug-likeness (QED) is 0.548. The first kappa shape index (κ1) is 20.2. The van der Waals surface area contributed by atoms with Gasteiger partial charge in [0.1, 0.15) is 0 Å². The van der Waals surface area contributed by atoms with Crippen molar-refractivity contribution in [1.82, 2.24) is 4.98 Å². The third kappa shape index (κ3) is 5.24. The Morgan fingerprint density at radius 1 is 1.21 bits per heavy atom. The van der Waals surface area contributed by atoms with E-state index in [-0.39, 0.29) is 5.91 Å². The molecule has 0 aliphatic carbocycles. The fourth-order valence-electron chi connectivity index (χ4n) is 2.67. The zero-order chi connectivity index (χ0) is 19.9. The SMILES string of the molecule is CCC(Oc1ccccc1OC)C(=O)Nc1ncc(Cc2cccc(Cl)c2)s1. The van der Waals surface area contributed by atoms with Crippen LogP contribution >= 0.6 is 22.9 Å². The highest BCUT2D eigenvalue weighted by Crippen LogP contribution is 2.28. The van der Waals surface area contributed by atoms with Gasteiger partial charge in [-0.3, -0.25) is 10.1 Å². The van der Waals surface area contributed by atoms with E-state index < -0.39 is 6.10 Å². The molecule has 0 saturated carbocycles. The molecule has 0 aliphatic rings. The number of benzene rings is 2. The summed E-state index contributed by atoms with van der Waals surface area (Å²) in [6.45, 7) is 1.89. The largest absolute Gasteiger partial charge is 0.493 e. The first-order chi connectivity index (χ1) is 13.6. The molecule has 1 amide bonds. The second-order valence-electron chi connectivity index (χ2n) is 6.09. The summed E-state index contributed by atoms with van der Waals surface area (Å²) < 4.78 is 11.1. The van der Waals surface area contributed by atoms with Crippen molar-refractivity contribution in [2.45, 2.75) is 25.9 Å². The smallest absolute Gasteiger partial charge is 0.267 e. The average Bonchev–Trinajstić information content (AvgIpc) is 3.12. The molecular formula is C21H21ClN2O3S. The number of hydrogen-bond acceptors (Lipinski definition) is 5. The van der Waals surface area contributed by atoms with Crippen molar-refractivity contribution in [3.8, 4) is 11.5 Å². The number of rotatable bonds is 8. The highest BCUT2D eigenvalue weighted by atomic mass is 35.5. The lowest BCUT2D eigenvalue weighted by Crippen LogP contribution is -2.32. The molecule has 1 aromatic heterocycles. The summed E-state index contributed by atoms with van der Waals surface area (Å²) >= 11 is 7.47. The van der Waals surface area contributed by atoms with Crippen molar-refractivity contribution < 1.29 is 14.3 Å². The number of aromatic nitrogens is 1. The van der Waals surface area contributed by atoms with Crippen molar-refractivity contribution in [3.05, 3.63) is 70.2 Å².